The number of nitrogens with one attached hydrogen (secondary N) is 1. The second-order valence-corrected chi connectivity index (χ2v) is 8.38. The minimum absolute atomic E-state index is 0.0319. The predicted octanol–water partition coefficient (Wildman–Crippen LogP) is 1.22. The second kappa shape index (κ2) is 6.71. The van der Waals surface area contributed by atoms with Crippen molar-refractivity contribution in [1.82, 2.24) is 9.62 Å². The summed E-state index contributed by atoms with van der Waals surface area (Å²) in [4.78, 5) is 35.4. The van der Waals surface area contributed by atoms with Crippen LogP contribution in [0.5, 0.6) is 0 Å². The first-order valence-electron chi connectivity index (χ1n) is 8.50. The quantitative estimate of drug-likeness (QED) is 0.810. The molecule has 0 spiro atoms. The van der Waals surface area contributed by atoms with Crippen LogP contribution >= 0.6 is 0 Å². The molecule has 1 aliphatic heterocycles. The Hall–Kier alpha value is -2.42. The standard InChI is InChI=1S/C17H20N2O6S/c1-2-19-16(21)13-8-5-11(9-14(13)26(19,24)25)15(20)18-12-6-3-10(4-7-12)17(22)23/h5,8-10,12H,2-4,6-7H2,1H3,(H,18,20)(H,22,23). The summed E-state index contributed by atoms with van der Waals surface area (Å²) < 4.78 is 25.6. The normalized spacial score (nSPS) is 24.2. The average Bonchev–Trinajstić information content (AvgIpc) is 2.80. The van der Waals surface area contributed by atoms with Crippen LogP contribution in [0.1, 0.15) is 53.3 Å². The lowest BCUT2D eigenvalue weighted by molar-refractivity contribution is -0.142. The Labute approximate surface area is 151 Å². The van der Waals surface area contributed by atoms with Crippen molar-refractivity contribution in [2.24, 2.45) is 5.92 Å². The Kier molecular flexibility index (Phi) is 4.74. The van der Waals surface area contributed by atoms with Gasteiger partial charge in [0.25, 0.3) is 21.8 Å². The minimum atomic E-state index is -3.91. The molecular weight excluding hydrogens is 360 g/mol. The molecule has 140 valence electrons. The number of amides is 2. The van der Waals surface area contributed by atoms with Crippen molar-refractivity contribution in [3.63, 3.8) is 0 Å². The smallest absolute Gasteiger partial charge is 0.306 e. The van der Waals surface area contributed by atoms with Crippen LogP contribution in [0.2, 0.25) is 0 Å². The molecule has 0 radical (unpaired) electrons. The Balaban J connectivity index is 1.75. The first-order valence-corrected chi connectivity index (χ1v) is 9.94. The number of hydrogen-bond acceptors (Lipinski definition) is 5. The van der Waals surface area contributed by atoms with E-state index in [1.165, 1.54) is 18.2 Å². The van der Waals surface area contributed by atoms with Crippen LogP contribution in [0, 0.1) is 5.92 Å². The monoisotopic (exact) mass is 380 g/mol. The molecule has 9 heteroatoms. The van der Waals surface area contributed by atoms with Gasteiger partial charge in [0.1, 0.15) is 4.90 Å². The van der Waals surface area contributed by atoms with Gasteiger partial charge in [-0.15, -0.1) is 0 Å². The second-order valence-electron chi connectivity index (χ2n) is 6.55. The zero-order valence-electron chi connectivity index (χ0n) is 14.3. The molecular formula is C17H20N2O6S. The van der Waals surface area contributed by atoms with Crippen LogP contribution in [0.4, 0.5) is 0 Å². The van der Waals surface area contributed by atoms with E-state index in [4.69, 9.17) is 5.11 Å². The molecule has 8 nitrogen and oxygen atoms in total. The SMILES string of the molecule is CCN1C(=O)c2ccc(C(=O)NC3CCC(C(=O)O)CC3)cc2S1(=O)=O. The molecule has 1 aromatic rings. The number of carbonyl (C=O) groups is 3. The molecule has 0 atom stereocenters. The number of benzene rings is 1. The molecule has 1 heterocycles. The molecule has 2 amide bonds. The average molecular weight is 380 g/mol. The van der Waals surface area contributed by atoms with Gasteiger partial charge in [0, 0.05) is 18.2 Å². The van der Waals surface area contributed by atoms with E-state index in [1.807, 2.05) is 0 Å². The third-order valence-electron chi connectivity index (χ3n) is 4.97. The molecule has 3 rings (SSSR count). The first-order chi connectivity index (χ1) is 12.3. The highest BCUT2D eigenvalue weighted by atomic mass is 32.2. The van der Waals surface area contributed by atoms with Gasteiger partial charge in [0.2, 0.25) is 0 Å². The van der Waals surface area contributed by atoms with Gasteiger partial charge in [-0.25, -0.2) is 12.7 Å². The van der Waals surface area contributed by atoms with E-state index < -0.39 is 27.8 Å². The number of aliphatic carboxylic acids is 1. The summed E-state index contributed by atoms with van der Waals surface area (Å²) in [6, 6.07) is 3.89. The van der Waals surface area contributed by atoms with E-state index in [2.05, 4.69) is 5.32 Å². The fraction of sp³-hybridized carbons (Fsp3) is 0.471. The maximum absolute atomic E-state index is 12.5. The van der Waals surface area contributed by atoms with Crippen LogP contribution < -0.4 is 5.32 Å². The number of carbonyl (C=O) groups excluding carboxylic acids is 2. The van der Waals surface area contributed by atoms with Crippen LogP contribution in [-0.2, 0) is 14.8 Å². The van der Waals surface area contributed by atoms with Gasteiger partial charge in [-0.05, 0) is 50.8 Å². The van der Waals surface area contributed by atoms with E-state index >= 15 is 0 Å². The van der Waals surface area contributed by atoms with Gasteiger partial charge in [-0.1, -0.05) is 0 Å². The highest BCUT2D eigenvalue weighted by molar-refractivity contribution is 7.90. The number of carboxylic acids is 1. The molecule has 2 N–H and O–H groups in total. The maximum Gasteiger partial charge on any atom is 0.306 e. The Morgan fingerprint density at radius 3 is 2.46 bits per heavy atom. The highest BCUT2D eigenvalue weighted by Crippen LogP contribution is 2.31. The van der Waals surface area contributed by atoms with Crippen molar-refractivity contribution in [1.29, 1.82) is 0 Å². The van der Waals surface area contributed by atoms with E-state index in [9.17, 15) is 22.8 Å². The topological polar surface area (TPSA) is 121 Å². The van der Waals surface area contributed by atoms with Crippen LogP contribution in [-0.4, -0.2) is 48.2 Å². The van der Waals surface area contributed by atoms with Crippen molar-refractivity contribution in [3.05, 3.63) is 29.3 Å². The summed E-state index contributed by atoms with van der Waals surface area (Å²) >= 11 is 0. The lowest BCUT2D eigenvalue weighted by Crippen LogP contribution is -2.38. The molecule has 1 saturated carbocycles. The van der Waals surface area contributed by atoms with Crippen LogP contribution in [0.3, 0.4) is 0 Å². The lowest BCUT2D eigenvalue weighted by atomic mass is 9.86. The number of nitrogens with zero attached hydrogens (tertiary/aromatic N) is 1. The number of hydrogen-bond donors (Lipinski definition) is 2. The summed E-state index contributed by atoms with van der Waals surface area (Å²) in [7, 11) is -3.91. The largest absolute Gasteiger partial charge is 0.481 e. The Morgan fingerprint density at radius 1 is 1.23 bits per heavy atom. The number of rotatable bonds is 4. The molecule has 0 unspecified atom stereocenters. The van der Waals surface area contributed by atoms with E-state index in [1.54, 1.807) is 6.92 Å². The number of carboxylic acid groups (broad SMARTS) is 1. The molecule has 2 aliphatic rings. The predicted molar refractivity (Wildman–Crippen MR) is 91.2 cm³/mol. The zero-order valence-corrected chi connectivity index (χ0v) is 15.1. The Bertz CT molecular complexity index is 871. The van der Waals surface area contributed by atoms with Gasteiger partial charge >= 0.3 is 5.97 Å². The molecule has 1 aliphatic carbocycles. The highest BCUT2D eigenvalue weighted by Gasteiger charge is 2.40. The van der Waals surface area contributed by atoms with Crippen LogP contribution in [0.15, 0.2) is 23.1 Å². The molecule has 26 heavy (non-hydrogen) atoms. The van der Waals surface area contributed by atoms with Crippen molar-refractivity contribution < 1.29 is 27.9 Å². The lowest BCUT2D eigenvalue weighted by Gasteiger charge is -2.26. The van der Waals surface area contributed by atoms with E-state index in [0.717, 1.165) is 4.31 Å². The summed E-state index contributed by atoms with van der Waals surface area (Å²) in [5.41, 5.74) is 0.240. The van der Waals surface area contributed by atoms with Gasteiger partial charge in [0.05, 0.1) is 11.5 Å². The van der Waals surface area contributed by atoms with E-state index in [-0.39, 0.29) is 34.5 Å². The molecule has 1 aromatic carbocycles. The van der Waals surface area contributed by atoms with E-state index in [0.29, 0.717) is 25.7 Å². The minimum Gasteiger partial charge on any atom is -0.481 e. The van der Waals surface area contributed by atoms with Crippen molar-refractivity contribution in [2.45, 2.75) is 43.5 Å². The summed E-state index contributed by atoms with van der Waals surface area (Å²) in [6.45, 7) is 1.60. The van der Waals surface area contributed by atoms with Gasteiger partial charge in [-0.3, -0.25) is 14.4 Å². The number of sulfonamides is 1. The Morgan fingerprint density at radius 2 is 1.88 bits per heavy atom. The summed E-state index contributed by atoms with van der Waals surface area (Å²) in [5, 5.41) is 11.8. The molecule has 0 aromatic heterocycles. The fourth-order valence-electron chi connectivity index (χ4n) is 3.48. The zero-order chi connectivity index (χ0) is 19.1. The summed E-state index contributed by atoms with van der Waals surface area (Å²) in [5.74, 6) is -2.20. The maximum atomic E-state index is 12.5. The molecule has 0 saturated heterocycles. The third-order valence-corrected chi connectivity index (χ3v) is 6.87. The van der Waals surface area contributed by atoms with Crippen molar-refractivity contribution >= 4 is 27.8 Å². The van der Waals surface area contributed by atoms with Gasteiger partial charge in [0.15, 0.2) is 0 Å². The van der Waals surface area contributed by atoms with Gasteiger partial charge in [-0.2, -0.15) is 0 Å². The van der Waals surface area contributed by atoms with Crippen LogP contribution in [0.25, 0.3) is 0 Å². The molecule has 0 bridgehead atoms. The first kappa shape index (κ1) is 18.4. The van der Waals surface area contributed by atoms with Crippen molar-refractivity contribution in [3.8, 4) is 0 Å². The van der Waals surface area contributed by atoms with Gasteiger partial charge < -0.3 is 10.4 Å². The molecule has 1 fully saturated rings. The fourth-order valence-corrected chi connectivity index (χ4v) is 5.09. The van der Waals surface area contributed by atoms with Crippen molar-refractivity contribution in [2.75, 3.05) is 6.54 Å². The third kappa shape index (κ3) is 3.07. The summed E-state index contributed by atoms with van der Waals surface area (Å²) in [6.07, 6.45) is 2.12. The number of fused-ring (bicyclic) bond motifs is 1.